The number of halogens is 1. The number of phenolic OH excluding ortho intramolecular Hbond substituents is 1. The molecule has 0 aromatic heterocycles. The number of aromatic hydroxyl groups is 1. The highest BCUT2D eigenvalue weighted by molar-refractivity contribution is 9.10. The lowest BCUT2D eigenvalue weighted by molar-refractivity contribution is 0.0750. The van der Waals surface area contributed by atoms with Crippen LogP contribution in [-0.2, 0) is 5.60 Å². The molecule has 0 atom stereocenters. The third-order valence-electron chi connectivity index (χ3n) is 2.30. The summed E-state index contributed by atoms with van der Waals surface area (Å²) < 4.78 is 0.862. The third-order valence-corrected chi connectivity index (χ3v) is 3.12. The van der Waals surface area contributed by atoms with Gasteiger partial charge in [0, 0.05) is 15.6 Å². The van der Waals surface area contributed by atoms with Crippen LogP contribution in [0, 0.1) is 13.8 Å². The molecular weight excluding hydrogens is 244 g/mol. The smallest absolute Gasteiger partial charge is 0.125 e. The highest BCUT2D eigenvalue weighted by Crippen LogP contribution is 2.37. The summed E-state index contributed by atoms with van der Waals surface area (Å²) in [5, 5.41) is 19.8. The molecule has 0 aliphatic carbocycles. The van der Waals surface area contributed by atoms with Gasteiger partial charge in [0.1, 0.15) is 5.75 Å². The molecule has 0 heterocycles. The van der Waals surface area contributed by atoms with E-state index >= 15 is 0 Å². The lowest BCUT2D eigenvalue weighted by atomic mass is 9.91. The normalized spacial score (nSPS) is 11.9. The SMILES string of the molecule is Cc1cc(Br)c(C)c(O)c1C(C)(C)O. The van der Waals surface area contributed by atoms with E-state index in [0.29, 0.717) is 5.56 Å². The molecule has 78 valence electrons. The molecule has 0 saturated heterocycles. The van der Waals surface area contributed by atoms with Crippen molar-refractivity contribution in [3.05, 3.63) is 27.2 Å². The molecule has 2 N–H and O–H groups in total. The van der Waals surface area contributed by atoms with Crippen molar-refractivity contribution in [2.24, 2.45) is 0 Å². The quantitative estimate of drug-likeness (QED) is 0.813. The van der Waals surface area contributed by atoms with Gasteiger partial charge in [-0.05, 0) is 39.3 Å². The summed E-state index contributed by atoms with van der Waals surface area (Å²) in [6, 6.07) is 1.91. The summed E-state index contributed by atoms with van der Waals surface area (Å²) in [7, 11) is 0. The van der Waals surface area contributed by atoms with Gasteiger partial charge in [-0.15, -0.1) is 0 Å². The van der Waals surface area contributed by atoms with Crippen LogP contribution >= 0.6 is 15.9 Å². The molecule has 0 aliphatic rings. The molecule has 0 unspecified atom stereocenters. The first-order valence-corrected chi connectivity index (χ1v) is 5.26. The summed E-state index contributed by atoms with van der Waals surface area (Å²) in [5.74, 6) is 0.171. The number of aliphatic hydroxyl groups is 1. The highest BCUT2D eigenvalue weighted by Gasteiger charge is 2.24. The number of phenols is 1. The molecular formula is C11H15BrO2. The van der Waals surface area contributed by atoms with Gasteiger partial charge in [-0.25, -0.2) is 0 Å². The van der Waals surface area contributed by atoms with Gasteiger partial charge in [0.2, 0.25) is 0 Å². The molecule has 0 fully saturated rings. The Bertz CT molecular complexity index is 365. The fourth-order valence-electron chi connectivity index (χ4n) is 1.63. The van der Waals surface area contributed by atoms with E-state index in [9.17, 15) is 10.2 Å². The van der Waals surface area contributed by atoms with Crippen molar-refractivity contribution in [3.8, 4) is 5.75 Å². The second-order valence-corrected chi connectivity index (χ2v) is 4.94. The summed E-state index contributed by atoms with van der Waals surface area (Å²) in [5.41, 5.74) is 1.22. The topological polar surface area (TPSA) is 40.5 Å². The first-order chi connectivity index (χ1) is 6.25. The van der Waals surface area contributed by atoms with Crippen molar-refractivity contribution in [1.82, 2.24) is 0 Å². The number of aryl methyl sites for hydroxylation is 1. The van der Waals surface area contributed by atoms with Crippen molar-refractivity contribution < 1.29 is 10.2 Å². The Morgan fingerprint density at radius 2 is 1.79 bits per heavy atom. The lowest BCUT2D eigenvalue weighted by Crippen LogP contribution is -2.17. The molecule has 14 heavy (non-hydrogen) atoms. The van der Waals surface area contributed by atoms with Gasteiger partial charge in [-0.2, -0.15) is 0 Å². The predicted molar refractivity (Wildman–Crippen MR) is 60.5 cm³/mol. The molecule has 2 nitrogen and oxygen atoms in total. The van der Waals surface area contributed by atoms with Crippen LogP contribution in [0.25, 0.3) is 0 Å². The van der Waals surface area contributed by atoms with Crippen molar-refractivity contribution in [2.45, 2.75) is 33.3 Å². The molecule has 0 radical (unpaired) electrons. The first kappa shape index (κ1) is 11.5. The monoisotopic (exact) mass is 258 g/mol. The Labute approximate surface area is 92.7 Å². The van der Waals surface area contributed by atoms with Crippen LogP contribution in [0.5, 0.6) is 5.75 Å². The number of rotatable bonds is 1. The zero-order chi connectivity index (χ0) is 11.1. The molecule has 0 saturated carbocycles. The largest absolute Gasteiger partial charge is 0.507 e. The Hall–Kier alpha value is -0.540. The number of hydrogen-bond acceptors (Lipinski definition) is 2. The van der Waals surface area contributed by atoms with E-state index in [1.54, 1.807) is 13.8 Å². The molecule has 1 aromatic carbocycles. The van der Waals surface area contributed by atoms with Crippen molar-refractivity contribution in [2.75, 3.05) is 0 Å². The van der Waals surface area contributed by atoms with E-state index in [2.05, 4.69) is 15.9 Å². The van der Waals surface area contributed by atoms with Crippen LogP contribution in [0.1, 0.15) is 30.5 Å². The Morgan fingerprint density at radius 1 is 1.29 bits per heavy atom. The van der Waals surface area contributed by atoms with Crippen molar-refractivity contribution in [3.63, 3.8) is 0 Å². The van der Waals surface area contributed by atoms with E-state index in [1.165, 1.54) is 0 Å². The maximum absolute atomic E-state index is 9.90. The van der Waals surface area contributed by atoms with Crippen molar-refractivity contribution in [1.29, 1.82) is 0 Å². The summed E-state index contributed by atoms with van der Waals surface area (Å²) >= 11 is 3.36. The summed E-state index contributed by atoms with van der Waals surface area (Å²) in [4.78, 5) is 0. The Morgan fingerprint density at radius 3 is 2.21 bits per heavy atom. The van der Waals surface area contributed by atoms with E-state index in [4.69, 9.17) is 0 Å². The maximum Gasteiger partial charge on any atom is 0.125 e. The van der Waals surface area contributed by atoms with Crippen LogP contribution < -0.4 is 0 Å². The Kier molecular flexibility index (Phi) is 2.93. The van der Waals surface area contributed by atoms with Crippen LogP contribution in [0.4, 0.5) is 0 Å². The third kappa shape index (κ3) is 1.93. The van der Waals surface area contributed by atoms with E-state index in [-0.39, 0.29) is 5.75 Å². The fraction of sp³-hybridized carbons (Fsp3) is 0.455. The van der Waals surface area contributed by atoms with Crippen LogP contribution in [0.3, 0.4) is 0 Å². The number of benzene rings is 1. The highest BCUT2D eigenvalue weighted by atomic mass is 79.9. The van der Waals surface area contributed by atoms with E-state index in [1.807, 2.05) is 19.9 Å². The molecule has 0 aliphatic heterocycles. The van der Waals surface area contributed by atoms with Crippen LogP contribution in [0.2, 0.25) is 0 Å². The zero-order valence-electron chi connectivity index (χ0n) is 8.85. The minimum Gasteiger partial charge on any atom is -0.507 e. The Balaban J connectivity index is 3.53. The molecule has 3 heteroatoms. The summed E-state index contributed by atoms with van der Waals surface area (Å²) in [6.07, 6.45) is 0. The van der Waals surface area contributed by atoms with Gasteiger partial charge in [0.25, 0.3) is 0 Å². The van der Waals surface area contributed by atoms with Crippen molar-refractivity contribution >= 4 is 15.9 Å². The second-order valence-electron chi connectivity index (χ2n) is 4.08. The molecule has 0 amide bonds. The standard InChI is InChI=1S/C11H15BrO2/c1-6-5-8(12)7(2)10(13)9(6)11(3,4)14/h5,13-14H,1-4H3. The molecule has 1 rings (SSSR count). The van der Waals surface area contributed by atoms with Gasteiger partial charge in [-0.3, -0.25) is 0 Å². The van der Waals surface area contributed by atoms with Crippen LogP contribution in [0.15, 0.2) is 10.5 Å². The predicted octanol–water partition coefficient (Wildman–Crippen LogP) is 3.00. The molecule has 1 aromatic rings. The van der Waals surface area contributed by atoms with Gasteiger partial charge in [-0.1, -0.05) is 15.9 Å². The van der Waals surface area contributed by atoms with Gasteiger partial charge in [0.05, 0.1) is 5.60 Å². The minimum atomic E-state index is -1.01. The number of hydrogen-bond donors (Lipinski definition) is 2. The fourth-order valence-corrected chi connectivity index (χ4v) is 2.16. The summed E-state index contributed by atoms with van der Waals surface area (Å²) in [6.45, 7) is 7.02. The second kappa shape index (κ2) is 3.55. The molecule has 0 bridgehead atoms. The minimum absolute atomic E-state index is 0.171. The average molecular weight is 259 g/mol. The van der Waals surface area contributed by atoms with E-state index in [0.717, 1.165) is 15.6 Å². The van der Waals surface area contributed by atoms with Gasteiger partial charge in [0.15, 0.2) is 0 Å². The first-order valence-electron chi connectivity index (χ1n) is 4.46. The van der Waals surface area contributed by atoms with Gasteiger partial charge < -0.3 is 10.2 Å². The van der Waals surface area contributed by atoms with Crippen LogP contribution in [-0.4, -0.2) is 10.2 Å². The molecule has 0 spiro atoms. The van der Waals surface area contributed by atoms with E-state index < -0.39 is 5.60 Å². The maximum atomic E-state index is 9.90. The lowest BCUT2D eigenvalue weighted by Gasteiger charge is -2.23. The van der Waals surface area contributed by atoms with Gasteiger partial charge >= 0.3 is 0 Å². The zero-order valence-corrected chi connectivity index (χ0v) is 10.4. The average Bonchev–Trinajstić information content (AvgIpc) is 1.97.